The maximum atomic E-state index is 5.91. The van der Waals surface area contributed by atoms with Crippen molar-refractivity contribution in [1.29, 1.82) is 0 Å². The van der Waals surface area contributed by atoms with Gasteiger partial charge in [0, 0.05) is 25.4 Å². The molecule has 0 aliphatic carbocycles. The van der Waals surface area contributed by atoms with E-state index in [1.165, 1.54) is 31.5 Å². The van der Waals surface area contributed by atoms with Crippen LogP contribution in [0, 0.1) is 6.92 Å². The van der Waals surface area contributed by atoms with Crippen molar-refractivity contribution in [1.82, 2.24) is 9.88 Å². The predicted octanol–water partition coefficient (Wildman–Crippen LogP) is 2.60. The standard InChI is InChI=1S/C13H20N2O/c1-3-4-5-13(15-8-9-15)16-12-7-6-11(2)10-14-12/h6-7,10,13H,3-5,8-9H2,1-2H3. The van der Waals surface area contributed by atoms with E-state index >= 15 is 0 Å². The van der Waals surface area contributed by atoms with Crippen LogP contribution in [-0.4, -0.2) is 29.2 Å². The summed E-state index contributed by atoms with van der Waals surface area (Å²) in [6, 6.07) is 4.00. The lowest BCUT2D eigenvalue weighted by molar-refractivity contribution is 0.0900. The SMILES string of the molecule is CCCCC(Oc1ccc(C)cn1)N1CC1. The van der Waals surface area contributed by atoms with Crippen LogP contribution < -0.4 is 4.74 Å². The van der Waals surface area contributed by atoms with Crippen molar-refractivity contribution < 1.29 is 4.74 Å². The molecule has 3 nitrogen and oxygen atoms in total. The lowest BCUT2D eigenvalue weighted by Gasteiger charge is -2.19. The molecule has 0 aromatic carbocycles. The van der Waals surface area contributed by atoms with Crippen molar-refractivity contribution in [2.24, 2.45) is 0 Å². The molecule has 3 heteroatoms. The van der Waals surface area contributed by atoms with Gasteiger partial charge in [0.15, 0.2) is 6.23 Å². The zero-order valence-corrected chi connectivity index (χ0v) is 10.1. The van der Waals surface area contributed by atoms with Crippen LogP contribution in [0.3, 0.4) is 0 Å². The minimum atomic E-state index is 0.232. The van der Waals surface area contributed by atoms with Gasteiger partial charge in [-0.1, -0.05) is 19.4 Å². The Bertz CT molecular complexity index is 319. The Labute approximate surface area is 97.4 Å². The van der Waals surface area contributed by atoms with Crippen LogP contribution in [0.25, 0.3) is 0 Å². The number of unbranched alkanes of at least 4 members (excludes halogenated alkanes) is 1. The molecule has 2 heterocycles. The highest BCUT2D eigenvalue weighted by atomic mass is 16.5. The van der Waals surface area contributed by atoms with E-state index in [9.17, 15) is 0 Å². The zero-order chi connectivity index (χ0) is 11.4. The summed E-state index contributed by atoms with van der Waals surface area (Å²) in [5.41, 5.74) is 1.17. The Morgan fingerprint density at radius 3 is 2.81 bits per heavy atom. The fourth-order valence-electron chi connectivity index (χ4n) is 1.70. The van der Waals surface area contributed by atoms with Crippen molar-refractivity contribution in [2.75, 3.05) is 13.1 Å². The van der Waals surface area contributed by atoms with E-state index in [1.807, 2.05) is 25.3 Å². The lowest BCUT2D eigenvalue weighted by Crippen LogP contribution is -2.26. The molecule has 0 bridgehead atoms. The fraction of sp³-hybridized carbons (Fsp3) is 0.615. The molecule has 1 aliphatic rings. The largest absolute Gasteiger partial charge is 0.458 e. The Morgan fingerprint density at radius 2 is 2.25 bits per heavy atom. The number of hydrogen-bond donors (Lipinski definition) is 0. The molecule has 2 rings (SSSR count). The molecule has 0 N–H and O–H groups in total. The number of hydrogen-bond acceptors (Lipinski definition) is 3. The molecule has 0 spiro atoms. The first-order valence-electron chi connectivity index (χ1n) is 6.13. The second-order valence-electron chi connectivity index (χ2n) is 4.42. The number of rotatable bonds is 6. The van der Waals surface area contributed by atoms with Crippen molar-refractivity contribution >= 4 is 0 Å². The average Bonchev–Trinajstić information content (AvgIpc) is 3.11. The minimum absolute atomic E-state index is 0.232. The van der Waals surface area contributed by atoms with E-state index in [1.54, 1.807) is 0 Å². The molecule has 1 aromatic rings. The van der Waals surface area contributed by atoms with Gasteiger partial charge in [0.2, 0.25) is 5.88 Å². The van der Waals surface area contributed by atoms with Crippen LogP contribution in [-0.2, 0) is 0 Å². The normalized spacial score (nSPS) is 17.1. The van der Waals surface area contributed by atoms with Gasteiger partial charge in [-0.05, 0) is 25.3 Å². The summed E-state index contributed by atoms with van der Waals surface area (Å²) in [4.78, 5) is 6.63. The first kappa shape index (κ1) is 11.4. The summed E-state index contributed by atoms with van der Waals surface area (Å²) in [6.07, 6.45) is 5.62. The van der Waals surface area contributed by atoms with E-state index < -0.39 is 0 Å². The van der Waals surface area contributed by atoms with Gasteiger partial charge in [0.05, 0.1) is 0 Å². The molecule has 0 amide bonds. The Hall–Kier alpha value is -1.09. The van der Waals surface area contributed by atoms with Crippen molar-refractivity contribution in [3.63, 3.8) is 0 Å². The van der Waals surface area contributed by atoms with Gasteiger partial charge in [0.1, 0.15) is 0 Å². The Balaban J connectivity index is 1.91. The van der Waals surface area contributed by atoms with Crippen LogP contribution in [0.2, 0.25) is 0 Å². The van der Waals surface area contributed by atoms with Crippen molar-refractivity contribution in [3.05, 3.63) is 23.9 Å². The number of nitrogens with zero attached hydrogens (tertiary/aromatic N) is 2. The summed E-state index contributed by atoms with van der Waals surface area (Å²) >= 11 is 0. The molecule has 1 unspecified atom stereocenters. The van der Waals surface area contributed by atoms with E-state index in [0.29, 0.717) is 0 Å². The summed E-state index contributed by atoms with van der Waals surface area (Å²) in [7, 11) is 0. The molecule has 16 heavy (non-hydrogen) atoms. The molecule has 1 atom stereocenters. The molecule has 1 saturated heterocycles. The highest BCUT2D eigenvalue weighted by Gasteiger charge is 2.28. The molecule has 0 saturated carbocycles. The minimum Gasteiger partial charge on any atom is -0.458 e. The fourth-order valence-corrected chi connectivity index (χ4v) is 1.70. The Morgan fingerprint density at radius 1 is 1.44 bits per heavy atom. The number of ether oxygens (including phenoxy) is 1. The summed E-state index contributed by atoms with van der Waals surface area (Å²) in [6.45, 7) is 6.58. The van der Waals surface area contributed by atoms with Gasteiger partial charge < -0.3 is 4.74 Å². The third-order valence-electron chi connectivity index (χ3n) is 2.83. The highest BCUT2D eigenvalue weighted by Crippen LogP contribution is 2.20. The van der Waals surface area contributed by atoms with Crippen molar-refractivity contribution in [3.8, 4) is 5.88 Å². The van der Waals surface area contributed by atoms with E-state index in [-0.39, 0.29) is 6.23 Å². The molecule has 1 aliphatic heterocycles. The molecular formula is C13H20N2O. The predicted molar refractivity (Wildman–Crippen MR) is 64.5 cm³/mol. The maximum absolute atomic E-state index is 5.91. The lowest BCUT2D eigenvalue weighted by atomic mass is 10.2. The molecule has 88 valence electrons. The van der Waals surface area contributed by atoms with Crippen LogP contribution in [0.15, 0.2) is 18.3 Å². The van der Waals surface area contributed by atoms with E-state index in [4.69, 9.17) is 4.74 Å². The topological polar surface area (TPSA) is 25.1 Å². The van der Waals surface area contributed by atoms with Crippen LogP contribution in [0.5, 0.6) is 5.88 Å². The summed E-state index contributed by atoms with van der Waals surface area (Å²) in [5.74, 6) is 0.749. The van der Waals surface area contributed by atoms with Crippen molar-refractivity contribution in [2.45, 2.75) is 39.3 Å². The van der Waals surface area contributed by atoms with E-state index in [2.05, 4.69) is 16.8 Å². The van der Waals surface area contributed by atoms with E-state index in [0.717, 1.165) is 12.3 Å². The smallest absolute Gasteiger partial charge is 0.214 e. The molecular weight excluding hydrogens is 200 g/mol. The monoisotopic (exact) mass is 220 g/mol. The maximum Gasteiger partial charge on any atom is 0.214 e. The third-order valence-corrected chi connectivity index (χ3v) is 2.83. The van der Waals surface area contributed by atoms with Gasteiger partial charge in [-0.15, -0.1) is 0 Å². The molecule has 1 aromatic heterocycles. The van der Waals surface area contributed by atoms with Crippen LogP contribution in [0.4, 0.5) is 0 Å². The first-order valence-corrected chi connectivity index (χ1v) is 6.13. The van der Waals surface area contributed by atoms with Gasteiger partial charge in [-0.3, -0.25) is 4.90 Å². The second kappa shape index (κ2) is 5.30. The highest BCUT2D eigenvalue weighted by molar-refractivity contribution is 5.16. The molecule has 0 radical (unpaired) electrons. The van der Waals surface area contributed by atoms with Gasteiger partial charge in [-0.2, -0.15) is 0 Å². The van der Waals surface area contributed by atoms with Crippen LogP contribution >= 0.6 is 0 Å². The molecule has 1 fully saturated rings. The van der Waals surface area contributed by atoms with Gasteiger partial charge in [0.25, 0.3) is 0 Å². The zero-order valence-electron chi connectivity index (χ0n) is 10.1. The second-order valence-corrected chi connectivity index (χ2v) is 4.42. The summed E-state index contributed by atoms with van der Waals surface area (Å²) < 4.78 is 5.91. The number of aromatic nitrogens is 1. The summed E-state index contributed by atoms with van der Waals surface area (Å²) in [5, 5.41) is 0. The Kier molecular flexibility index (Phi) is 3.78. The number of pyridine rings is 1. The third kappa shape index (κ3) is 3.20. The quantitative estimate of drug-likeness (QED) is 0.689. The number of aryl methyl sites for hydroxylation is 1. The van der Waals surface area contributed by atoms with Gasteiger partial charge in [-0.25, -0.2) is 4.98 Å². The van der Waals surface area contributed by atoms with Crippen LogP contribution in [0.1, 0.15) is 31.7 Å². The average molecular weight is 220 g/mol. The first-order chi connectivity index (χ1) is 7.79. The van der Waals surface area contributed by atoms with Gasteiger partial charge >= 0.3 is 0 Å².